The summed E-state index contributed by atoms with van der Waals surface area (Å²) in [5, 5.41) is 2.24. The molecule has 168 valence electrons. The lowest BCUT2D eigenvalue weighted by Gasteiger charge is -2.19. The van der Waals surface area contributed by atoms with Crippen molar-refractivity contribution in [3.8, 4) is 0 Å². The molecule has 4 rings (SSSR count). The number of thiazole rings is 1. The second-order valence-electron chi connectivity index (χ2n) is 7.61. The number of aryl methyl sites for hydroxylation is 1. The molecular formula is C24H26N2O3S3. The van der Waals surface area contributed by atoms with Crippen molar-refractivity contribution >= 4 is 55.2 Å². The van der Waals surface area contributed by atoms with E-state index in [2.05, 4.69) is 65.0 Å². The van der Waals surface area contributed by atoms with Gasteiger partial charge in [0.25, 0.3) is 5.01 Å². The van der Waals surface area contributed by atoms with E-state index in [4.69, 9.17) is 0 Å². The minimum Gasteiger partial charge on any atom is -0.748 e. The molecule has 0 bridgehead atoms. The Balaban J connectivity index is 1.59. The Labute approximate surface area is 197 Å². The summed E-state index contributed by atoms with van der Waals surface area (Å²) in [6, 6.07) is 16.6. The summed E-state index contributed by atoms with van der Waals surface area (Å²) in [5.41, 5.74) is 2.32. The second kappa shape index (κ2) is 10.2. The van der Waals surface area contributed by atoms with Gasteiger partial charge in [0.2, 0.25) is 5.52 Å². The summed E-state index contributed by atoms with van der Waals surface area (Å²) < 4.78 is 36.3. The fourth-order valence-corrected chi connectivity index (χ4v) is 6.43. The third-order valence-electron chi connectivity index (χ3n) is 5.26. The van der Waals surface area contributed by atoms with Gasteiger partial charge in [-0.3, -0.25) is 0 Å². The largest absolute Gasteiger partial charge is 0.748 e. The van der Waals surface area contributed by atoms with E-state index in [-0.39, 0.29) is 5.75 Å². The molecule has 0 N–H and O–H groups in total. The Kier molecular flexibility index (Phi) is 7.35. The molecule has 1 aromatic heterocycles. The van der Waals surface area contributed by atoms with Crippen molar-refractivity contribution in [1.29, 1.82) is 0 Å². The van der Waals surface area contributed by atoms with E-state index in [0.29, 0.717) is 13.0 Å². The highest BCUT2D eigenvalue weighted by Gasteiger charge is 2.24. The third kappa shape index (κ3) is 5.43. The molecule has 32 heavy (non-hydrogen) atoms. The average molecular weight is 487 g/mol. The Morgan fingerprint density at radius 3 is 2.69 bits per heavy atom. The number of hydrogen-bond acceptors (Lipinski definition) is 6. The van der Waals surface area contributed by atoms with Gasteiger partial charge >= 0.3 is 0 Å². The highest BCUT2D eigenvalue weighted by molar-refractivity contribution is 8.03. The fraction of sp³-hybridized carbons (Fsp3) is 0.292. The molecule has 1 aliphatic rings. The number of thioether (sulfide) groups is 1. The Morgan fingerprint density at radius 1 is 1.09 bits per heavy atom. The van der Waals surface area contributed by atoms with E-state index in [1.54, 1.807) is 23.1 Å². The summed E-state index contributed by atoms with van der Waals surface area (Å²) in [6.07, 6.45) is 8.87. The SMILES string of the molecule is CCCCN1/C(=C\C=C\c2sc3ccccc3[n+]2CCCS(=O)(=O)[O-])Sc2ccccc21. The van der Waals surface area contributed by atoms with Crippen LogP contribution in [0.4, 0.5) is 5.69 Å². The van der Waals surface area contributed by atoms with Crippen LogP contribution in [0.2, 0.25) is 0 Å². The van der Waals surface area contributed by atoms with Crippen molar-refractivity contribution in [2.24, 2.45) is 0 Å². The molecule has 1 aliphatic heterocycles. The minimum atomic E-state index is -4.21. The maximum Gasteiger partial charge on any atom is 0.262 e. The predicted molar refractivity (Wildman–Crippen MR) is 133 cm³/mol. The zero-order valence-electron chi connectivity index (χ0n) is 17.9. The third-order valence-corrected chi connectivity index (χ3v) is 8.31. The Bertz CT molecular complexity index is 1260. The highest BCUT2D eigenvalue weighted by Crippen LogP contribution is 2.45. The van der Waals surface area contributed by atoms with Gasteiger partial charge in [0, 0.05) is 35.8 Å². The van der Waals surface area contributed by atoms with E-state index in [1.807, 2.05) is 18.2 Å². The molecule has 5 nitrogen and oxygen atoms in total. The van der Waals surface area contributed by atoms with Crippen LogP contribution >= 0.6 is 23.1 Å². The van der Waals surface area contributed by atoms with Crippen LogP contribution in [0.1, 0.15) is 31.2 Å². The summed E-state index contributed by atoms with van der Waals surface area (Å²) in [5.74, 6) is -0.349. The Hall–Kier alpha value is -2.13. The van der Waals surface area contributed by atoms with Crippen LogP contribution in [0.15, 0.2) is 70.6 Å². The van der Waals surface area contributed by atoms with Crippen LogP contribution in [0, 0.1) is 0 Å². The average Bonchev–Trinajstić information content (AvgIpc) is 3.29. The molecule has 0 aliphatic carbocycles. The zero-order valence-corrected chi connectivity index (χ0v) is 20.4. The van der Waals surface area contributed by atoms with Gasteiger partial charge in [0.1, 0.15) is 4.70 Å². The van der Waals surface area contributed by atoms with Crippen molar-refractivity contribution < 1.29 is 17.5 Å². The van der Waals surface area contributed by atoms with E-state index >= 15 is 0 Å². The summed E-state index contributed by atoms with van der Waals surface area (Å²) >= 11 is 3.45. The van der Waals surface area contributed by atoms with Crippen LogP contribution in [0.5, 0.6) is 0 Å². The van der Waals surface area contributed by atoms with Gasteiger partial charge in [-0.2, -0.15) is 4.57 Å². The number of allylic oxidation sites excluding steroid dienone is 2. The van der Waals surface area contributed by atoms with E-state index in [9.17, 15) is 13.0 Å². The summed E-state index contributed by atoms with van der Waals surface area (Å²) in [7, 11) is -4.21. The molecule has 0 saturated heterocycles. The van der Waals surface area contributed by atoms with Crippen molar-refractivity contribution in [2.75, 3.05) is 17.2 Å². The number of unbranched alkanes of at least 4 members (excludes halogenated alkanes) is 1. The number of para-hydroxylation sites is 2. The topological polar surface area (TPSA) is 64.3 Å². The van der Waals surface area contributed by atoms with E-state index in [0.717, 1.165) is 34.6 Å². The van der Waals surface area contributed by atoms with Gasteiger partial charge in [-0.25, -0.2) is 8.42 Å². The number of rotatable bonds is 9. The van der Waals surface area contributed by atoms with Crippen molar-refractivity contribution in [1.82, 2.24) is 0 Å². The normalized spacial score (nSPS) is 15.3. The lowest BCUT2D eigenvalue weighted by molar-refractivity contribution is -0.668. The number of aromatic nitrogens is 1. The molecule has 8 heteroatoms. The van der Waals surface area contributed by atoms with Crippen LogP contribution in [-0.2, 0) is 16.7 Å². The molecule has 2 aromatic carbocycles. The lowest BCUT2D eigenvalue weighted by Crippen LogP contribution is -2.35. The standard InChI is InChI=1S/C24H26N2O3S3/c1-2-3-16-25-19-10-4-6-12-21(19)30-23(25)14-8-15-24-26(17-9-18-32(27,28)29)20-11-5-7-13-22(20)31-24/h4-8,10-15H,2-3,9,16-18H2,1H3. The van der Waals surface area contributed by atoms with Crippen molar-refractivity contribution in [3.63, 3.8) is 0 Å². The molecule has 0 saturated carbocycles. The maximum atomic E-state index is 11.0. The molecule has 2 heterocycles. The van der Waals surface area contributed by atoms with E-state index in [1.165, 1.54) is 15.6 Å². The van der Waals surface area contributed by atoms with Gasteiger partial charge in [0.15, 0.2) is 6.54 Å². The van der Waals surface area contributed by atoms with Crippen LogP contribution in [-0.4, -0.2) is 25.3 Å². The first-order valence-corrected chi connectivity index (χ1v) is 13.9. The van der Waals surface area contributed by atoms with Gasteiger partial charge in [-0.15, -0.1) is 0 Å². The number of hydrogen-bond donors (Lipinski definition) is 0. The van der Waals surface area contributed by atoms with Gasteiger partial charge in [-0.1, -0.05) is 66.8 Å². The zero-order chi connectivity index (χ0) is 22.6. The van der Waals surface area contributed by atoms with Gasteiger partial charge < -0.3 is 9.45 Å². The van der Waals surface area contributed by atoms with Crippen molar-refractivity contribution in [2.45, 2.75) is 37.6 Å². The molecule has 0 unspecified atom stereocenters. The van der Waals surface area contributed by atoms with E-state index < -0.39 is 10.1 Å². The number of fused-ring (bicyclic) bond motifs is 2. The summed E-state index contributed by atoms with van der Waals surface area (Å²) in [6.45, 7) is 3.69. The smallest absolute Gasteiger partial charge is 0.262 e. The molecule has 3 aromatic rings. The lowest BCUT2D eigenvalue weighted by atomic mass is 10.2. The first-order chi connectivity index (χ1) is 15.5. The molecule has 0 fully saturated rings. The fourth-order valence-electron chi connectivity index (χ4n) is 3.74. The number of anilines is 1. The molecule has 0 amide bonds. The Morgan fingerprint density at radius 2 is 1.88 bits per heavy atom. The van der Waals surface area contributed by atoms with Gasteiger partial charge in [0.05, 0.1) is 20.8 Å². The minimum absolute atomic E-state index is 0.301. The van der Waals surface area contributed by atoms with Crippen LogP contribution < -0.4 is 9.47 Å². The highest BCUT2D eigenvalue weighted by atomic mass is 32.2. The van der Waals surface area contributed by atoms with Crippen LogP contribution in [0.25, 0.3) is 16.3 Å². The van der Waals surface area contributed by atoms with Crippen molar-refractivity contribution in [3.05, 3.63) is 70.7 Å². The number of nitrogens with zero attached hydrogens (tertiary/aromatic N) is 2. The molecule has 0 atom stereocenters. The maximum absolute atomic E-state index is 11.0. The number of benzene rings is 2. The first kappa shape index (κ1) is 23.0. The second-order valence-corrected chi connectivity index (χ2v) is 11.3. The quantitative estimate of drug-likeness (QED) is 0.300. The predicted octanol–water partition coefficient (Wildman–Crippen LogP) is 5.39. The first-order valence-electron chi connectivity index (χ1n) is 10.7. The summed E-state index contributed by atoms with van der Waals surface area (Å²) in [4.78, 5) is 3.66. The van der Waals surface area contributed by atoms with Crippen LogP contribution in [0.3, 0.4) is 0 Å². The monoisotopic (exact) mass is 486 g/mol. The molecule has 0 spiro atoms. The van der Waals surface area contributed by atoms with Gasteiger partial charge in [-0.05, 0) is 30.7 Å². The molecule has 0 radical (unpaired) electrons. The molecular weight excluding hydrogens is 460 g/mol.